The van der Waals surface area contributed by atoms with Crippen LogP contribution in [0.2, 0.25) is 0 Å². The Hall–Kier alpha value is -2.67. The summed E-state index contributed by atoms with van der Waals surface area (Å²) >= 11 is 0. The number of fused-ring (bicyclic) bond motifs is 1. The third-order valence-electron chi connectivity index (χ3n) is 4.01. The van der Waals surface area contributed by atoms with Gasteiger partial charge in [-0.3, -0.25) is 4.79 Å². The van der Waals surface area contributed by atoms with E-state index >= 15 is 0 Å². The van der Waals surface area contributed by atoms with Crippen LogP contribution in [-0.2, 0) is 11.3 Å². The van der Waals surface area contributed by atoms with Crippen molar-refractivity contribution in [3.8, 4) is 11.5 Å². The molecule has 0 unspecified atom stereocenters. The van der Waals surface area contributed by atoms with Gasteiger partial charge in [-0.1, -0.05) is 0 Å². The topological polar surface area (TPSA) is 82.6 Å². The van der Waals surface area contributed by atoms with Crippen molar-refractivity contribution >= 4 is 5.91 Å². The number of benzene rings is 1. The number of nitrogens with one attached hydrogen (secondary N) is 1. The second-order valence-electron chi connectivity index (χ2n) is 5.66. The summed E-state index contributed by atoms with van der Waals surface area (Å²) in [6, 6.07) is 6.91. The zero-order valence-electron chi connectivity index (χ0n) is 13.0. The summed E-state index contributed by atoms with van der Waals surface area (Å²) < 4.78 is 16.1. The molecule has 0 aliphatic carbocycles. The highest BCUT2D eigenvalue weighted by Gasteiger charge is 2.21. The van der Waals surface area contributed by atoms with Crippen LogP contribution in [0.3, 0.4) is 0 Å². The van der Waals surface area contributed by atoms with Gasteiger partial charge in [-0.2, -0.15) is 0 Å². The molecule has 1 amide bonds. The second-order valence-corrected chi connectivity index (χ2v) is 5.66. The lowest BCUT2D eigenvalue weighted by Gasteiger charge is -2.10. The fraction of sp³-hybridized carbons (Fsp3) is 0.353. The quantitative estimate of drug-likeness (QED) is 0.925. The van der Waals surface area contributed by atoms with Crippen molar-refractivity contribution < 1.29 is 19.0 Å². The van der Waals surface area contributed by atoms with Crippen LogP contribution in [0, 0.1) is 0 Å². The highest BCUT2D eigenvalue weighted by molar-refractivity contribution is 5.94. The molecule has 0 bridgehead atoms. The number of hydrogen-bond donors (Lipinski definition) is 1. The van der Waals surface area contributed by atoms with Gasteiger partial charge in [0.2, 0.25) is 6.79 Å². The van der Waals surface area contributed by atoms with E-state index < -0.39 is 0 Å². The molecule has 2 aliphatic heterocycles. The van der Waals surface area contributed by atoms with E-state index in [9.17, 15) is 4.79 Å². The number of ether oxygens (including phenoxy) is 3. The lowest BCUT2D eigenvalue weighted by Crippen LogP contribution is -2.23. The number of hydrogen-bond acceptors (Lipinski definition) is 6. The highest BCUT2D eigenvalue weighted by Crippen LogP contribution is 2.32. The van der Waals surface area contributed by atoms with Crippen LogP contribution in [0.5, 0.6) is 11.5 Å². The summed E-state index contributed by atoms with van der Waals surface area (Å²) in [6.45, 7) is 1.27. The van der Waals surface area contributed by atoms with E-state index in [-0.39, 0.29) is 18.8 Å². The van der Waals surface area contributed by atoms with E-state index in [0.29, 0.717) is 29.4 Å². The predicted octanol–water partition coefficient (Wildman–Crippen LogP) is 1.99. The Morgan fingerprint density at radius 2 is 2.17 bits per heavy atom. The SMILES string of the molecule is O=C(NCc1ccnc([C@@H]2CCCO2)n1)c1ccc2c(c1)OCO2. The van der Waals surface area contributed by atoms with E-state index in [4.69, 9.17) is 14.2 Å². The van der Waals surface area contributed by atoms with Crippen molar-refractivity contribution in [1.29, 1.82) is 0 Å². The van der Waals surface area contributed by atoms with Crippen LogP contribution >= 0.6 is 0 Å². The molecular weight excluding hydrogens is 310 g/mol. The maximum absolute atomic E-state index is 12.3. The lowest BCUT2D eigenvalue weighted by atomic mass is 10.2. The first-order valence-corrected chi connectivity index (χ1v) is 7.91. The summed E-state index contributed by atoms with van der Waals surface area (Å²) in [4.78, 5) is 21.0. The molecule has 1 N–H and O–H groups in total. The van der Waals surface area contributed by atoms with Crippen LogP contribution in [0.15, 0.2) is 30.5 Å². The maximum Gasteiger partial charge on any atom is 0.251 e. The minimum Gasteiger partial charge on any atom is -0.454 e. The first-order chi connectivity index (χ1) is 11.8. The van der Waals surface area contributed by atoms with Crippen molar-refractivity contribution in [1.82, 2.24) is 15.3 Å². The fourth-order valence-electron chi connectivity index (χ4n) is 2.76. The summed E-state index contributed by atoms with van der Waals surface area (Å²) in [5.74, 6) is 1.74. The summed E-state index contributed by atoms with van der Waals surface area (Å²) in [7, 11) is 0. The summed E-state index contributed by atoms with van der Waals surface area (Å²) in [5, 5.41) is 2.86. The average molecular weight is 327 g/mol. The van der Waals surface area contributed by atoms with Crippen LogP contribution < -0.4 is 14.8 Å². The van der Waals surface area contributed by atoms with E-state index in [1.165, 1.54) is 0 Å². The van der Waals surface area contributed by atoms with Gasteiger partial charge in [-0.05, 0) is 37.1 Å². The van der Waals surface area contributed by atoms with Crippen molar-refractivity contribution in [3.05, 3.63) is 47.5 Å². The average Bonchev–Trinajstić information content (AvgIpc) is 3.30. The van der Waals surface area contributed by atoms with Crippen molar-refractivity contribution in [2.45, 2.75) is 25.5 Å². The minimum absolute atomic E-state index is 0.0329. The Bertz CT molecular complexity index is 759. The van der Waals surface area contributed by atoms with Crippen molar-refractivity contribution in [3.63, 3.8) is 0 Å². The van der Waals surface area contributed by atoms with Crippen LogP contribution in [0.25, 0.3) is 0 Å². The molecule has 2 aliphatic rings. The van der Waals surface area contributed by atoms with Gasteiger partial charge in [0.25, 0.3) is 5.91 Å². The molecule has 24 heavy (non-hydrogen) atoms. The Morgan fingerprint density at radius 3 is 3.04 bits per heavy atom. The Kier molecular flexibility index (Phi) is 4.00. The van der Waals surface area contributed by atoms with E-state index in [1.807, 2.05) is 0 Å². The first kappa shape index (κ1) is 14.9. The van der Waals surface area contributed by atoms with Gasteiger partial charge in [-0.15, -0.1) is 0 Å². The number of nitrogens with zero attached hydrogens (tertiary/aromatic N) is 2. The van der Waals surface area contributed by atoms with E-state index in [1.54, 1.807) is 30.5 Å². The molecular formula is C17H17N3O4. The Balaban J connectivity index is 1.41. The third-order valence-corrected chi connectivity index (χ3v) is 4.01. The van der Waals surface area contributed by atoms with Gasteiger partial charge < -0.3 is 19.5 Å². The van der Waals surface area contributed by atoms with Crippen LogP contribution in [0.1, 0.15) is 40.8 Å². The lowest BCUT2D eigenvalue weighted by molar-refractivity contribution is 0.0949. The smallest absolute Gasteiger partial charge is 0.251 e. The molecule has 0 radical (unpaired) electrons. The molecule has 7 heteroatoms. The van der Waals surface area contributed by atoms with Crippen LogP contribution in [0.4, 0.5) is 0 Å². The van der Waals surface area contributed by atoms with Gasteiger partial charge >= 0.3 is 0 Å². The van der Waals surface area contributed by atoms with E-state index in [2.05, 4.69) is 15.3 Å². The minimum atomic E-state index is -0.189. The summed E-state index contributed by atoms with van der Waals surface area (Å²) in [5.41, 5.74) is 1.28. The van der Waals surface area contributed by atoms with Crippen molar-refractivity contribution in [2.75, 3.05) is 13.4 Å². The number of rotatable bonds is 4. The second kappa shape index (κ2) is 6.45. The molecule has 0 saturated carbocycles. The normalized spacial score (nSPS) is 18.6. The van der Waals surface area contributed by atoms with Gasteiger partial charge in [0.15, 0.2) is 17.3 Å². The van der Waals surface area contributed by atoms with Gasteiger partial charge in [0, 0.05) is 18.4 Å². The van der Waals surface area contributed by atoms with Crippen molar-refractivity contribution in [2.24, 2.45) is 0 Å². The molecule has 124 valence electrons. The largest absolute Gasteiger partial charge is 0.454 e. The molecule has 0 spiro atoms. The molecule has 1 aromatic heterocycles. The molecule has 3 heterocycles. The first-order valence-electron chi connectivity index (χ1n) is 7.91. The zero-order chi connectivity index (χ0) is 16.4. The van der Waals surface area contributed by atoms with Crippen LogP contribution in [-0.4, -0.2) is 29.3 Å². The highest BCUT2D eigenvalue weighted by atomic mass is 16.7. The van der Waals surface area contributed by atoms with Gasteiger partial charge in [0.05, 0.1) is 12.2 Å². The number of amides is 1. The Labute approximate surface area is 139 Å². The number of carbonyl (C=O) groups is 1. The van der Waals surface area contributed by atoms with E-state index in [0.717, 1.165) is 25.1 Å². The molecule has 7 nitrogen and oxygen atoms in total. The molecule has 1 fully saturated rings. The maximum atomic E-state index is 12.3. The third kappa shape index (κ3) is 3.03. The predicted molar refractivity (Wildman–Crippen MR) is 83.7 cm³/mol. The zero-order valence-corrected chi connectivity index (χ0v) is 13.0. The molecule has 1 atom stereocenters. The molecule has 2 aromatic rings. The fourth-order valence-corrected chi connectivity index (χ4v) is 2.76. The Morgan fingerprint density at radius 1 is 1.25 bits per heavy atom. The number of aromatic nitrogens is 2. The number of carbonyl (C=O) groups excluding carboxylic acids is 1. The summed E-state index contributed by atoms with van der Waals surface area (Å²) in [6.07, 6.45) is 3.63. The molecule has 4 rings (SSSR count). The molecule has 1 saturated heterocycles. The van der Waals surface area contributed by atoms with Gasteiger partial charge in [0.1, 0.15) is 6.10 Å². The standard InChI is InChI=1S/C17H17N3O4/c21-17(11-3-4-13-15(8-11)24-10-23-13)19-9-12-5-6-18-16(20-12)14-2-1-7-22-14/h3-6,8,14H,1-2,7,9-10H2,(H,19,21)/t14-/m0/s1. The molecule has 1 aromatic carbocycles. The monoisotopic (exact) mass is 327 g/mol. The van der Waals surface area contributed by atoms with Gasteiger partial charge in [-0.25, -0.2) is 9.97 Å².